The zero-order valence-electron chi connectivity index (χ0n) is 12.6. The molecule has 0 amide bonds. The monoisotopic (exact) mass is 276 g/mol. The molecule has 20 heavy (non-hydrogen) atoms. The molecule has 0 radical (unpaired) electrons. The third-order valence-corrected chi connectivity index (χ3v) is 4.11. The number of nitrogens with one attached hydrogen (secondary N) is 1. The van der Waals surface area contributed by atoms with Gasteiger partial charge in [0.15, 0.2) is 0 Å². The van der Waals surface area contributed by atoms with Crippen LogP contribution in [0.25, 0.3) is 0 Å². The average molecular weight is 276 g/mol. The van der Waals surface area contributed by atoms with E-state index in [0.29, 0.717) is 5.69 Å². The van der Waals surface area contributed by atoms with Crippen molar-refractivity contribution >= 4 is 0 Å². The van der Waals surface area contributed by atoms with Crippen LogP contribution in [0.2, 0.25) is 0 Å². The summed E-state index contributed by atoms with van der Waals surface area (Å²) in [4.78, 5) is 2.41. The van der Waals surface area contributed by atoms with Crippen molar-refractivity contribution in [3.63, 3.8) is 0 Å². The molecule has 0 aliphatic carbocycles. The molecule has 1 aromatic rings. The first-order valence-electron chi connectivity index (χ1n) is 7.25. The summed E-state index contributed by atoms with van der Waals surface area (Å²) in [6.07, 6.45) is 0.267. The maximum Gasteiger partial charge on any atom is 0.120 e. The van der Waals surface area contributed by atoms with E-state index in [0.717, 1.165) is 45.0 Å². The molecule has 1 aliphatic heterocycles. The minimum atomic E-state index is 0.267. The molecule has 2 heterocycles. The zero-order valence-corrected chi connectivity index (χ0v) is 12.6. The van der Waals surface area contributed by atoms with Gasteiger partial charge in [-0.25, -0.2) is 0 Å². The van der Waals surface area contributed by atoms with Gasteiger partial charge in [0, 0.05) is 38.9 Å². The molecule has 0 bridgehead atoms. The molecule has 5 heteroatoms. The summed E-state index contributed by atoms with van der Waals surface area (Å²) in [6, 6.07) is 4.17. The largest absolute Gasteiger partial charge is 0.374 e. The number of likely N-dealkylation sites (N-methyl/N-ethyl adjacent to an activating group) is 1. The first-order valence-corrected chi connectivity index (χ1v) is 7.25. The predicted molar refractivity (Wildman–Crippen MR) is 78.4 cm³/mol. The van der Waals surface area contributed by atoms with E-state index in [2.05, 4.69) is 23.2 Å². The van der Waals surface area contributed by atoms with Crippen molar-refractivity contribution in [1.29, 1.82) is 5.26 Å². The van der Waals surface area contributed by atoms with E-state index in [4.69, 9.17) is 10.00 Å². The fourth-order valence-corrected chi connectivity index (χ4v) is 2.61. The van der Waals surface area contributed by atoms with Gasteiger partial charge in [0.1, 0.15) is 11.8 Å². The fraction of sp³-hybridized carbons (Fsp3) is 0.667. The predicted octanol–water partition coefficient (Wildman–Crippen LogP) is 1.02. The first kappa shape index (κ1) is 15.0. The average Bonchev–Trinajstić information content (AvgIpc) is 2.75. The quantitative estimate of drug-likeness (QED) is 0.872. The van der Waals surface area contributed by atoms with Crippen LogP contribution in [0.1, 0.15) is 23.9 Å². The summed E-state index contributed by atoms with van der Waals surface area (Å²) < 4.78 is 7.70. The van der Waals surface area contributed by atoms with Crippen LogP contribution >= 0.6 is 0 Å². The van der Waals surface area contributed by atoms with Gasteiger partial charge in [-0.3, -0.25) is 4.90 Å². The van der Waals surface area contributed by atoms with Gasteiger partial charge in [-0.1, -0.05) is 6.92 Å². The van der Waals surface area contributed by atoms with Gasteiger partial charge in [-0.05, 0) is 25.1 Å². The Kier molecular flexibility index (Phi) is 5.18. The molecule has 110 valence electrons. The summed E-state index contributed by atoms with van der Waals surface area (Å²) in [6.45, 7) is 9.82. The Morgan fingerprint density at radius 2 is 2.35 bits per heavy atom. The number of morpholine rings is 1. The molecule has 5 nitrogen and oxygen atoms in total. The highest BCUT2D eigenvalue weighted by atomic mass is 16.5. The van der Waals surface area contributed by atoms with E-state index in [1.807, 2.05) is 24.6 Å². The van der Waals surface area contributed by atoms with E-state index in [1.54, 1.807) is 0 Å². The van der Waals surface area contributed by atoms with Crippen LogP contribution in [0.4, 0.5) is 0 Å². The molecule has 0 saturated carbocycles. The molecule has 1 aromatic heterocycles. The molecule has 0 spiro atoms. The van der Waals surface area contributed by atoms with Gasteiger partial charge in [0.05, 0.1) is 12.7 Å². The molecule has 0 aromatic carbocycles. The van der Waals surface area contributed by atoms with Crippen molar-refractivity contribution in [2.75, 3.05) is 32.8 Å². The van der Waals surface area contributed by atoms with Gasteiger partial charge in [0.25, 0.3) is 0 Å². The summed E-state index contributed by atoms with van der Waals surface area (Å²) in [5, 5.41) is 12.5. The van der Waals surface area contributed by atoms with E-state index in [-0.39, 0.29) is 6.10 Å². The number of hydrogen-bond donors (Lipinski definition) is 1. The molecule has 2 rings (SSSR count). The van der Waals surface area contributed by atoms with Gasteiger partial charge in [-0.2, -0.15) is 5.26 Å². The topological polar surface area (TPSA) is 53.2 Å². The van der Waals surface area contributed by atoms with Gasteiger partial charge >= 0.3 is 0 Å². The van der Waals surface area contributed by atoms with Gasteiger partial charge in [0.2, 0.25) is 0 Å². The number of aromatic nitrogens is 1. The molecule has 1 N–H and O–H groups in total. The van der Waals surface area contributed by atoms with Crippen molar-refractivity contribution < 1.29 is 4.74 Å². The molecular formula is C15H24N4O. The van der Waals surface area contributed by atoms with Crippen molar-refractivity contribution in [2.45, 2.75) is 26.5 Å². The molecule has 1 saturated heterocycles. The highest BCUT2D eigenvalue weighted by molar-refractivity contribution is 5.34. The highest BCUT2D eigenvalue weighted by Gasteiger charge is 2.18. The third kappa shape index (κ3) is 3.40. The Hall–Kier alpha value is -1.35. The molecule has 1 unspecified atom stereocenters. The lowest BCUT2D eigenvalue weighted by Gasteiger charge is -2.32. The Bertz CT molecular complexity index is 489. The summed E-state index contributed by atoms with van der Waals surface area (Å²) >= 11 is 0. The lowest BCUT2D eigenvalue weighted by molar-refractivity contribution is -0.0253. The smallest absolute Gasteiger partial charge is 0.120 e. The number of ether oxygens (including phenoxy) is 1. The van der Waals surface area contributed by atoms with Gasteiger partial charge in [-0.15, -0.1) is 0 Å². The van der Waals surface area contributed by atoms with E-state index >= 15 is 0 Å². The van der Waals surface area contributed by atoms with Crippen LogP contribution in [0.15, 0.2) is 6.07 Å². The van der Waals surface area contributed by atoms with E-state index < -0.39 is 0 Å². The van der Waals surface area contributed by atoms with Crippen LogP contribution in [0.3, 0.4) is 0 Å². The molecule has 1 atom stereocenters. The number of hydrogen-bond acceptors (Lipinski definition) is 4. The third-order valence-electron chi connectivity index (χ3n) is 4.11. The zero-order chi connectivity index (χ0) is 14.5. The summed E-state index contributed by atoms with van der Waals surface area (Å²) in [5.41, 5.74) is 3.05. The Morgan fingerprint density at radius 1 is 1.55 bits per heavy atom. The van der Waals surface area contributed by atoms with Crippen LogP contribution in [0.5, 0.6) is 0 Å². The lowest BCUT2D eigenvalue weighted by Crippen LogP contribution is -2.46. The second-order valence-electron chi connectivity index (χ2n) is 5.33. The Labute approximate surface area is 121 Å². The van der Waals surface area contributed by atoms with E-state index in [9.17, 15) is 0 Å². The SMILES string of the molecule is CCN1CCOC(CNCc2cc(C#N)n(C)c2C)C1. The van der Waals surface area contributed by atoms with Crippen molar-refractivity contribution in [1.82, 2.24) is 14.8 Å². The Balaban J connectivity index is 1.83. The van der Waals surface area contributed by atoms with Gasteiger partial charge < -0.3 is 14.6 Å². The van der Waals surface area contributed by atoms with Crippen molar-refractivity contribution in [3.8, 4) is 6.07 Å². The minimum absolute atomic E-state index is 0.267. The molecule has 1 fully saturated rings. The standard InChI is InChI=1S/C15H24N4O/c1-4-19-5-6-20-15(11-19)10-17-9-13-7-14(8-16)18(3)12(13)2/h7,15,17H,4-6,9-11H2,1-3H3. The number of nitriles is 1. The highest BCUT2D eigenvalue weighted by Crippen LogP contribution is 2.13. The number of nitrogens with zero attached hydrogens (tertiary/aromatic N) is 3. The Morgan fingerprint density at radius 3 is 3.00 bits per heavy atom. The summed E-state index contributed by atoms with van der Waals surface area (Å²) in [7, 11) is 1.93. The molecular weight excluding hydrogens is 252 g/mol. The fourth-order valence-electron chi connectivity index (χ4n) is 2.61. The van der Waals surface area contributed by atoms with Crippen molar-refractivity contribution in [3.05, 3.63) is 23.0 Å². The van der Waals surface area contributed by atoms with Crippen molar-refractivity contribution in [2.24, 2.45) is 7.05 Å². The summed E-state index contributed by atoms with van der Waals surface area (Å²) in [5.74, 6) is 0. The number of rotatable bonds is 5. The van der Waals surface area contributed by atoms with Crippen LogP contribution in [-0.4, -0.2) is 48.4 Å². The normalized spacial score (nSPS) is 20.0. The first-order chi connectivity index (χ1) is 9.65. The second kappa shape index (κ2) is 6.89. The maximum atomic E-state index is 9.03. The van der Waals surface area contributed by atoms with Crippen LogP contribution in [0, 0.1) is 18.3 Å². The van der Waals surface area contributed by atoms with Crippen LogP contribution in [-0.2, 0) is 18.3 Å². The van der Waals surface area contributed by atoms with Crippen LogP contribution < -0.4 is 5.32 Å². The molecule has 1 aliphatic rings. The maximum absolute atomic E-state index is 9.03. The van der Waals surface area contributed by atoms with E-state index in [1.165, 1.54) is 5.56 Å². The second-order valence-corrected chi connectivity index (χ2v) is 5.33. The minimum Gasteiger partial charge on any atom is -0.374 e. The lowest BCUT2D eigenvalue weighted by atomic mass is 10.2.